The molecule has 1 unspecified atom stereocenters. The summed E-state index contributed by atoms with van der Waals surface area (Å²) in [4.78, 5) is 0. The minimum atomic E-state index is -5.11. The van der Waals surface area contributed by atoms with E-state index in [0.717, 1.165) is 0 Å². The number of ether oxygens (including phenoxy) is 2. The van der Waals surface area contributed by atoms with Gasteiger partial charge in [0.25, 0.3) is 4.52 Å². The monoisotopic (exact) mass is 312 g/mol. The van der Waals surface area contributed by atoms with E-state index in [-0.39, 0.29) is 0 Å². The molecule has 1 saturated heterocycles. The van der Waals surface area contributed by atoms with E-state index in [1.807, 2.05) is 0 Å². The summed E-state index contributed by atoms with van der Waals surface area (Å²) in [6.45, 7) is 0. The minimum absolute atomic E-state index is 2.65. The zero-order chi connectivity index (χ0) is 11.4. The van der Waals surface area contributed by atoms with Crippen molar-refractivity contribution in [3.63, 3.8) is 0 Å². The third-order valence-corrected chi connectivity index (χ3v) is 2.99. The predicted octanol–water partition coefficient (Wildman–Crippen LogP) is 3.75. The van der Waals surface area contributed by atoms with Crippen LogP contribution in [0.15, 0.2) is 0 Å². The van der Waals surface area contributed by atoms with E-state index in [4.69, 9.17) is 58.0 Å². The van der Waals surface area contributed by atoms with Crippen molar-refractivity contribution in [3.8, 4) is 0 Å². The molecule has 0 radical (unpaired) electrons. The van der Waals surface area contributed by atoms with Crippen molar-refractivity contribution in [2.45, 2.75) is 20.5 Å². The molecule has 0 amide bonds. The van der Waals surface area contributed by atoms with Crippen molar-refractivity contribution in [3.05, 3.63) is 0 Å². The van der Waals surface area contributed by atoms with Crippen LogP contribution >= 0.6 is 58.0 Å². The van der Waals surface area contributed by atoms with Crippen LogP contribution < -0.4 is 0 Å². The van der Waals surface area contributed by atoms with E-state index in [1.165, 1.54) is 0 Å². The van der Waals surface area contributed by atoms with Crippen LogP contribution in [-0.4, -0.2) is 20.5 Å². The van der Waals surface area contributed by atoms with Crippen LogP contribution in [-0.2, 0) is 9.47 Å². The summed E-state index contributed by atoms with van der Waals surface area (Å²) in [6.07, 6.45) is -5.11. The van der Waals surface area contributed by atoms with Crippen molar-refractivity contribution in [2.75, 3.05) is 0 Å². The van der Waals surface area contributed by atoms with Gasteiger partial charge < -0.3 is 0 Å². The van der Waals surface area contributed by atoms with Crippen LogP contribution in [0.1, 0.15) is 0 Å². The van der Waals surface area contributed by atoms with Gasteiger partial charge in [-0.3, -0.25) is 9.47 Å². The Morgan fingerprint density at radius 2 is 1.29 bits per heavy atom. The van der Waals surface area contributed by atoms with Gasteiger partial charge in [0, 0.05) is 0 Å². The molecule has 0 N–H and O–H groups in total. The molecule has 84 valence electrons. The van der Waals surface area contributed by atoms with E-state index in [1.54, 1.807) is 0 Å². The van der Waals surface area contributed by atoms with Gasteiger partial charge in [-0.15, -0.1) is 0 Å². The zero-order valence-electron chi connectivity index (χ0n) is 5.84. The Kier molecular flexibility index (Phi) is 3.14. The van der Waals surface area contributed by atoms with E-state index in [0.29, 0.717) is 0 Å². The maximum atomic E-state index is 12.4. The van der Waals surface area contributed by atoms with Crippen LogP contribution in [0.3, 0.4) is 0 Å². The molecule has 0 bridgehead atoms. The normalized spacial score (nSPS) is 36.0. The maximum Gasteiger partial charge on any atom is 0.437 e. The molecule has 0 aromatic rings. The Balaban J connectivity index is 3.12. The van der Waals surface area contributed by atoms with E-state index in [2.05, 4.69) is 9.47 Å². The average molecular weight is 314 g/mol. The van der Waals surface area contributed by atoms with E-state index >= 15 is 0 Å². The highest BCUT2D eigenvalue weighted by molar-refractivity contribution is 6.54. The Labute approximate surface area is 101 Å². The van der Waals surface area contributed by atoms with Gasteiger partial charge in [-0.25, -0.2) is 0 Å². The molecule has 14 heavy (non-hydrogen) atoms. The number of rotatable bonds is 0. The van der Waals surface area contributed by atoms with Crippen molar-refractivity contribution in [2.24, 2.45) is 0 Å². The first kappa shape index (κ1) is 13.2. The topological polar surface area (TPSA) is 18.5 Å². The Morgan fingerprint density at radius 3 is 1.43 bits per heavy atom. The lowest BCUT2D eigenvalue weighted by molar-refractivity contribution is -0.235. The first-order chi connectivity index (χ1) is 5.91. The molecule has 1 aliphatic heterocycles. The summed E-state index contributed by atoms with van der Waals surface area (Å²) in [6, 6.07) is 0. The number of alkyl halides is 8. The van der Waals surface area contributed by atoms with Gasteiger partial charge in [0.15, 0.2) is 0 Å². The fourth-order valence-electron chi connectivity index (χ4n) is 0.682. The van der Waals surface area contributed by atoms with Crippen LogP contribution in [0.2, 0.25) is 0 Å². The molecule has 10 heteroatoms. The van der Waals surface area contributed by atoms with Crippen LogP contribution in [0.4, 0.5) is 13.2 Å². The standard InChI is InChI=1S/C4Cl5F3O2/c5-1(3(10,11)12)2(6,7)14-4(8,9)13-1. The molecule has 0 aromatic carbocycles. The maximum absolute atomic E-state index is 12.4. The molecular weight excluding hydrogens is 314 g/mol. The highest BCUT2D eigenvalue weighted by Crippen LogP contribution is 2.60. The Bertz CT molecular complexity index is 254. The summed E-state index contributed by atoms with van der Waals surface area (Å²) < 4.78 is 39.7. The fraction of sp³-hybridized carbons (Fsp3) is 1.00. The molecule has 1 rings (SSSR count). The van der Waals surface area contributed by atoms with Gasteiger partial charge in [-0.1, -0.05) is 34.8 Å². The van der Waals surface area contributed by atoms with Crippen molar-refractivity contribution >= 4 is 58.0 Å². The quantitative estimate of drug-likeness (QED) is 0.634. The van der Waals surface area contributed by atoms with Crippen LogP contribution in [0.5, 0.6) is 0 Å². The smallest absolute Gasteiger partial charge is 0.287 e. The lowest BCUT2D eigenvalue weighted by Crippen LogP contribution is -2.51. The Morgan fingerprint density at radius 1 is 0.857 bits per heavy atom. The number of hydrogen-bond donors (Lipinski definition) is 0. The average Bonchev–Trinajstić information content (AvgIpc) is 1.94. The van der Waals surface area contributed by atoms with Crippen molar-refractivity contribution in [1.29, 1.82) is 0 Å². The van der Waals surface area contributed by atoms with Crippen LogP contribution in [0.25, 0.3) is 0 Å². The number of hydrogen-bond acceptors (Lipinski definition) is 2. The molecule has 2 nitrogen and oxygen atoms in total. The second kappa shape index (κ2) is 3.32. The zero-order valence-corrected chi connectivity index (χ0v) is 9.62. The summed E-state index contributed by atoms with van der Waals surface area (Å²) in [5.74, 6) is 0. The molecule has 1 heterocycles. The summed E-state index contributed by atoms with van der Waals surface area (Å²) in [5.41, 5.74) is 0. The largest absolute Gasteiger partial charge is 0.437 e. The molecule has 1 aliphatic rings. The summed E-state index contributed by atoms with van der Waals surface area (Å²) in [7, 11) is 0. The highest BCUT2D eigenvalue weighted by atomic mass is 35.5. The highest BCUT2D eigenvalue weighted by Gasteiger charge is 2.77. The van der Waals surface area contributed by atoms with Gasteiger partial charge in [-0.05, 0) is 23.2 Å². The van der Waals surface area contributed by atoms with E-state index in [9.17, 15) is 13.2 Å². The second-order valence-electron chi connectivity index (χ2n) is 2.28. The van der Waals surface area contributed by atoms with Gasteiger partial charge in [0.2, 0.25) is 0 Å². The van der Waals surface area contributed by atoms with Gasteiger partial charge >= 0.3 is 15.9 Å². The fourth-order valence-corrected chi connectivity index (χ4v) is 2.04. The molecule has 0 saturated carbocycles. The lowest BCUT2D eigenvalue weighted by Gasteiger charge is -2.28. The first-order valence-electron chi connectivity index (χ1n) is 2.83. The Hall–Kier alpha value is 1.16. The van der Waals surface area contributed by atoms with Crippen molar-refractivity contribution in [1.82, 2.24) is 0 Å². The van der Waals surface area contributed by atoms with Gasteiger partial charge in [0.05, 0.1) is 0 Å². The third kappa shape index (κ3) is 2.00. The molecule has 1 atom stereocenters. The van der Waals surface area contributed by atoms with Gasteiger partial charge in [-0.2, -0.15) is 13.2 Å². The first-order valence-corrected chi connectivity index (χ1v) is 4.72. The van der Waals surface area contributed by atoms with Crippen LogP contribution in [0, 0.1) is 0 Å². The molecule has 0 aromatic heterocycles. The summed E-state index contributed by atoms with van der Waals surface area (Å²) >= 11 is 25.5. The predicted molar refractivity (Wildman–Crippen MR) is 45.7 cm³/mol. The van der Waals surface area contributed by atoms with E-state index < -0.39 is 20.5 Å². The molecular formula is C4Cl5F3O2. The SMILES string of the molecule is FC(F)(F)C1(Cl)OC(Cl)(Cl)OC1(Cl)Cl. The molecule has 0 aliphatic carbocycles. The van der Waals surface area contributed by atoms with Gasteiger partial charge in [0.1, 0.15) is 0 Å². The molecule has 0 spiro atoms. The third-order valence-electron chi connectivity index (χ3n) is 1.25. The summed E-state index contributed by atoms with van der Waals surface area (Å²) in [5, 5.41) is -3.52. The number of halogens is 8. The minimum Gasteiger partial charge on any atom is -0.287 e. The molecule has 1 fully saturated rings. The second-order valence-corrected chi connectivity index (χ2v) is 5.26. The lowest BCUT2D eigenvalue weighted by atomic mass is 10.3. The van der Waals surface area contributed by atoms with Crippen molar-refractivity contribution < 1.29 is 22.6 Å².